The number of aromatic carboxylic acids is 1. The molecule has 1 aliphatic rings. The van der Waals surface area contributed by atoms with Gasteiger partial charge in [0.25, 0.3) is 0 Å². The fourth-order valence-electron chi connectivity index (χ4n) is 2.87. The van der Waals surface area contributed by atoms with Crippen LogP contribution in [-0.4, -0.2) is 30.4 Å². The van der Waals surface area contributed by atoms with E-state index >= 15 is 0 Å². The number of carboxylic acid groups (broad SMARTS) is 1. The first-order valence-electron chi connectivity index (χ1n) is 8.20. The minimum Gasteiger partial charge on any atom is -0.478 e. The molecule has 5 nitrogen and oxygen atoms in total. The van der Waals surface area contributed by atoms with Gasteiger partial charge in [-0.15, -0.1) is 0 Å². The average Bonchev–Trinajstić information content (AvgIpc) is 2.63. The number of piperidine rings is 1. The number of hydrogen-bond acceptors (Lipinski definition) is 4. The van der Waals surface area contributed by atoms with E-state index in [1.165, 1.54) is 24.9 Å². The largest absolute Gasteiger partial charge is 0.478 e. The molecule has 0 aliphatic carbocycles. The number of carboxylic acids is 1. The first kappa shape index (κ1) is 16.1. The SMILES string of the molecule is O=C(O)c1ccccc1NN=Cc1ccc(N2CCCCC2)cc1. The second-order valence-electron chi connectivity index (χ2n) is 5.86. The minimum atomic E-state index is -0.973. The van der Waals surface area contributed by atoms with Crippen LogP contribution in [0, 0.1) is 0 Å². The monoisotopic (exact) mass is 323 g/mol. The summed E-state index contributed by atoms with van der Waals surface area (Å²) < 4.78 is 0. The molecule has 2 N–H and O–H groups in total. The van der Waals surface area contributed by atoms with Gasteiger partial charge in [0.05, 0.1) is 17.5 Å². The predicted octanol–water partition coefficient (Wildman–Crippen LogP) is 3.82. The summed E-state index contributed by atoms with van der Waals surface area (Å²) in [4.78, 5) is 13.6. The average molecular weight is 323 g/mol. The third-order valence-electron chi connectivity index (χ3n) is 4.17. The predicted molar refractivity (Wildman–Crippen MR) is 97.1 cm³/mol. The molecule has 124 valence electrons. The summed E-state index contributed by atoms with van der Waals surface area (Å²) in [5, 5.41) is 13.3. The Morgan fingerprint density at radius 3 is 2.46 bits per heavy atom. The van der Waals surface area contributed by atoms with E-state index in [1.54, 1.807) is 30.5 Å². The third kappa shape index (κ3) is 3.93. The number of nitrogens with zero attached hydrogens (tertiary/aromatic N) is 2. The van der Waals surface area contributed by atoms with Crippen LogP contribution in [0.15, 0.2) is 53.6 Å². The van der Waals surface area contributed by atoms with Gasteiger partial charge in [-0.3, -0.25) is 5.43 Å². The van der Waals surface area contributed by atoms with Crippen molar-refractivity contribution in [3.63, 3.8) is 0 Å². The van der Waals surface area contributed by atoms with Gasteiger partial charge in [-0.1, -0.05) is 24.3 Å². The maximum Gasteiger partial charge on any atom is 0.337 e. The topological polar surface area (TPSA) is 64.9 Å². The van der Waals surface area contributed by atoms with E-state index in [2.05, 4.69) is 27.6 Å². The van der Waals surface area contributed by atoms with Crippen molar-refractivity contribution < 1.29 is 9.90 Å². The van der Waals surface area contributed by atoms with Gasteiger partial charge >= 0.3 is 5.97 Å². The molecule has 1 fully saturated rings. The molecule has 0 saturated carbocycles. The van der Waals surface area contributed by atoms with Gasteiger partial charge < -0.3 is 10.0 Å². The molecular weight excluding hydrogens is 302 g/mol. The van der Waals surface area contributed by atoms with Crippen molar-refractivity contribution >= 4 is 23.6 Å². The Morgan fingerprint density at radius 2 is 1.75 bits per heavy atom. The molecule has 0 unspecified atom stereocenters. The normalized spacial score (nSPS) is 14.8. The number of carbonyl (C=O) groups is 1. The van der Waals surface area contributed by atoms with Crippen LogP contribution in [0.3, 0.4) is 0 Å². The van der Waals surface area contributed by atoms with Crippen molar-refractivity contribution in [1.29, 1.82) is 0 Å². The van der Waals surface area contributed by atoms with E-state index in [0.717, 1.165) is 18.7 Å². The number of rotatable bonds is 5. The Labute approximate surface area is 141 Å². The highest BCUT2D eigenvalue weighted by Crippen LogP contribution is 2.20. The Kier molecular flexibility index (Phi) is 5.11. The fraction of sp³-hybridized carbons (Fsp3) is 0.263. The maximum absolute atomic E-state index is 11.1. The third-order valence-corrected chi connectivity index (χ3v) is 4.17. The lowest BCUT2D eigenvalue weighted by Gasteiger charge is -2.28. The van der Waals surface area contributed by atoms with E-state index in [4.69, 9.17) is 5.11 Å². The summed E-state index contributed by atoms with van der Waals surface area (Å²) in [6.07, 6.45) is 5.54. The molecule has 1 heterocycles. The van der Waals surface area contributed by atoms with Gasteiger partial charge in [-0.05, 0) is 49.1 Å². The highest BCUT2D eigenvalue weighted by atomic mass is 16.4. The molecule has 0 spiro atoms. The number of benzene rings is 2. The van der Waals surface area contributed by atoms with Crippen LogP contribution in [0.4, 0.5) is 11.4 Å². The van der Waals surface area contributed by atoms with Gasteiger partial charge in [-0.2, -0.15) is 5.10 Å². The van der Waals surface area contributed by atoms with Crippen LogP contribution in [0.2, 0.25) is 0 Å². The zero-order valence-electron chi connectivity index (χ0n) is 13.5. The number of anilines is 2. The summed E-state index contributed by atoms with van der Waals surface area (Å²) >= 11 is 0. The molecule has 2 aromatic rings. The Bertz CT molecular complexity index is 720. The van der Waals surface area contributed by atoms with Gasteiger partial charge in [0, 0.05) is 18.8 Å². The molecular formula is C19H21N3O2. The minimum absolute atomic E-state index is 0.204. The van der Waals surface area contributed by atoms with E-state index in [-0.39, 0.29) is 5.56 Å². The molecule has 0 bridgehead atoms. The maximum atomic E-state index is 11.1. The lowest BCUT2D eigenvalue weighted by Crippen LogP contribution is -2.29. The Balaban J connectivity index is 1.64. The van der Waals surface area contributed by atoms with Crippen LogP contribution >= 0.6 is 0 Å². The van der Waals surface area contributed by atoms with E-state index in [9.17, 15) is 4.79 Å². The number of nitrogens with one attached hydrogen (secondary N) is 1. The van der Waals surface area contributed by atoms with Gasteiger partial charge in [0.2, 0.25) is 0 Å². The molecule has 0 radical (unpaired) electrons. The van der Waals surface area contributed by atoms with Crippen LogP contribution < -0.4 is 10.3 Å². The smallest absolute Gasteiger partial charge is 0.337 e. The van der Waals surface area contributed by atoms with Crippen molar-refractivity contribution in [2.24, 2.45) is 5.10 Å². The van der Waals surface area contributed by atoms with Crippen molar-refractivity contribution in [1.82, 2.24) is 0 Å². The van der Waals surface area contributed by atoms with E-state index < -0.39 is 5.97 Å². The molecule has 3 rings (SSSR count). The summed E-state index contributed by atoms with van der Waals surface area (Å²) in [5.41, 5.74) is 5.70. The van der Waals surface area contributed by atoms with Crippen LogP contribution in [0.25, 0.3) is 0 Å². The zero-order valence-corrected chi connectivity index (χ0v) is 13.5. The standard InChI is InChI=1S/C19H21N3O2/c23-19(24)17-6-2-3-7-18(17)21-20-14-15-8-10-16(11-9-15)22-12-4-1-5-13-22/h2-3,6-11,14,21H,1,4-5,12-13H2,(H,23,24). The van der Waals surface area contributed by atoms with E-state index in [1.807, 2.05) is 12.1 Å². The van der Waals surface area contributed by atoms with Crippen molar-refractivity contribution in [3.05, 3.63) is 59.7 Å². The quantitative estimate of drug-likeness (QED) is 0.648. The number of hydrazone groups is 1. The van der Waals surface area contributed by atoms with Crippen LogP contribution in [0.5, 0.6) is 0 Å². The fourth-order valence-corrected chi connectivity index (χ4v) is 2.87. The zero-order chi connectivity index (χ0) is 16.8. The second kappa shape index (κ2) is 7.64. The first-order valence-corrected chi connectivity index (χ1v) is 8.20. The van der Waals surface area contributed by atoms with Crippen molar-refractivity contribution in [3.8, 4) is 0 Å². The molecule has 0 amide bonds. The first-order chi connectivity index (χ1) is 11.7. The molecule has 0 aromatic heterocycles. The number of hydrogen-bond donors (Lipinski definition) is 2. The molecule has 1 aliphatic heterocycles. The Morgan fingerprint density at radius 1 is 1.04 bits per heavy atom. The van der Waals surface area contributed by atoms with E-state index in [0.29, 0.717) is 5.69 Å². The summed E-state index contributed by atoms with van der Waals surface area (Å²) in [5.74, 6) is -0.973. The van der Waals surface area contributed by atoms with Gasteiger partial charge in [-0.25, -0.2) is 4.79 Å². The van der Waals surface area contributed by atoms with Gasteiger partial charge in [0.1, 0.15) is 0 Å². The second-order valence-corrected chi connectivity index (χ2v) is 5.86. The molecule has 1 saturated heterocycles. The van der Waals surface area contributed by atoms with Gasteiger partial charge in [0.15, 0.2) is 0 Å². The Hall–Kier alpha value is -2.82. The van der Waals surface area contributed by atoms with Crippen molar-refractivity contribution in [2.45, 2.75) is 19.3 Å². The summed E-state index contributed by atoms with van der Waals surface area (Å²) in [6.45, 7) is 2.25. The molecule has 2 aromatic carbocycles. The summed E-state index contributed by atoms with van der Waals surface area (Å²) in [7, 11) is 0. The molecule has 5 heteroatoms. The lowest BCUT2D eigenvalue weighted by molar-refractivity contribution is 0.0698. The summed E-state index contributed by atoms with van der Waals surface area (Å²) in [6, 6.07) is 15.0. The van der Waals surface area contributed by atoms with Crippen LogP contribution in [0.1, 0.15) is 35.2 Å². The molecule has 24 heavy (non-hydrogen) atoms. The highest BCUT2D eigenvalue weighted by molar-refractivity contribution is 5.94. The molecule has 0 atom stereocenters. The number of para-hydroxylation sites is 1. The van der Waals surface area contributed by atoms with Crippen molar-refractivity contribution in [2.75, 3.05) is 23.4 Å². The van der Waals surface area contributed by atoms with Crippen LogP contribution in [-0.2, 0) is 0 Å². The highest BCUT2D eigenvalue weighted by Gasteiger charge is 2.10. The lowest BCUT2D eigenvalue weighted by atomic mass is 10.1.